The van der Waals surface area contributed by atoms with Crippen LogP contribution < -0.4 is 15.5 Å². The number of pyridine rings is 1. The summed E-state index contributed by atoms with van der Waals surface area (Å²) in [4.78, 5) is 35.0. The summed E-state index contributed by atoms with van der Waals surface area (Å²) in [5, 5.41) is 6.75. The van der Waals surface area contributed by atoms with Crippen molar-refractivity contribution in [2.75, 3.05) is 42.9 Å². The van der Waals surface area contributed by atoms with E-state index in [4.69, 9.17) is 11.6 Å². The fourth-order valence-corrected chi connectivity index (χ4v) is 4.04. The minimum Gasteiger partial charge on any atom is -0.353 e. The number of rotatable bonds is 7. The van der Waals surface area contributed by atoms with E-state index in [9.17, 15) is 9.59 Å². The number of piperazine rings is 1. The van der Waals surface area contributed by atoms with Gasteiger partial charge in [0.05, 0.1) is 17.4 Å². The van der Waals surface area contributed by atoms with Crippen molar-refractivity contribution in [1.82, 2.24) is 15.2 Å². The molecule has 2 heterocycles. The maximum absolute atomic E-state index is 13.7. The van der Waals surface area contributed by atoms with Crippen LogP contribution >= 0.6 is 11.6 Å². The van der Waals surface area contributed by atoms with Gasteiger partial charge in [-0.1, -0.05) is 41.9 Å². The van der Waals surface area contributed by atoms with Gasteiger partial charge in [-0.15, -0.1) is 0 Å². The van der Waals surface area contributed by atoms with Crippen LogP contribution in [0.1, 0.15) is 33.2 Å². The predicted octanol–water partition coefficient (Wildman–Crippen LogP) is 4.06. The predicted molar refractivity (Wildman–Crippen MR) is 136 cm³/mol. The molecule has 0 aliphatic carbocycles. The van der Waals surface area contributed by atoms with Crippen LogP contribution in [0.2, 0.25) is 5.02 Å². The second-order valence-corrected chi connectivity index (χ2v) is 8.53. The maximum Gasteiger partial charge on any atom is 0.257 e. The molecule has 3 aromatic rings. The molecule has 4 rings (SSSR count). The summed E-state index contributed by atoms with van der Waals surface area (Å²) in [5.74, 6) is 0.237. The molecule has 1 aliphatic rings. The summed E-state index contributed by atoms with van der Waals surface area (Å²) in [5.41, 5.74) is 2.48. The quantitative estimate of drug-likeness (QED) is 0.536. The molecule has 1 aromatic heterocycles. The van der Waals surface area contributed by atoms with Crippen molar-refractivity contribution in [3.63, 3.8) is 0 Å². The van der Waals surface area contributed by atoms with Crippen molar-refractivity contribution in [3.8, 4) is 0 Å². The number of hydrogen-bond acceptors (Lipinski definition) is 5. The summed E-state index contributed by atoms with van der Waals surface area (Å²) >= 11 is 5.93. The molecular formula is C26H28ClN5O2. The number of nitrogens with zero attached hydrogens (tertiary/aromatic N) is 3. The highest BCUT2D eigenvalue weighted by Crippen LogP contribution is 2.25. The van der Waals surface area contributed by atoms with Crippen LogP contribution in [0, 0.1) is 0 Å². The molecular weight excluding hydrogens is 450 g/mol. The molecule has 1 fully saturated rings. The first kappa shape index (κ1) is 23.7. The summed E-state index contributed by atoms with van der Waals surface area (Å²) < 4.78 is 0. The van der Waals surface area contributed by atoms with Crippen molar-refractivity contribution in [1.29, 1.82) is 0 Å². The molecule has 2 amide bonds. The van der Waals surface area contributed by atoms with E-state index >= 15 is 0 Å². The van der Waals surface area contributed by atoms with Crippen molar-refractivity contribution >= 4 is 34.9 Å². The van der Waals surface area contributed by atoms with E-state index in [-0.39, 0.29) is 11.8 Å². The van der Waals surface area contributed by atoms with Gasteiger partial charge in [-0.3, -0.25) is 9.59 Å². The minimum atomic E-state index is -0.288. The van der Waals surface area contributed by atoms with Crippen molar-refractivity contribution in [2.45, 2.75) is 13.5 Å². The van der Waals surface area contributed by atoms with E-state index < -0.39 is 0 Å². The van der Waals surface area contributed by atoms with Crippen LogP contribution in [0.3, 0.4) is 0 Å². The van der Waals surface area contributed by atoms with E-state index in [2.05, 4.69) is 20.5 Å². The van der Waals surface area contributed by atoms with Gasteiger partial charge in [0, 0.05) is 49.9 Å². The summed E-state index contributed by atoms with van der Waals surface area (Å²) in [6.45, 7) is 6.18. The molecule has 0 saturated carbocycles. The Labute approximate surface area is 204 Å². The average molecular weight is 478 g/mol. The maximum atomic E-state index is 13.7. The van der Waals surface area contributed by atoms with E-state index in [0.717, 1.165) is 31.7 Å². The Morgan fingerprint density at radius 3 is 2.47 bits per heavy atom. The SMILES string of the molecule is CCN(Cc1ccccc1)C(=O)c1cc(NC(=O)c2ccc(Cl)cc2)cnc1N1CCNCC1. The Morgan fingerprint density at radius 2 is 1.79 bits per heavy atom. The second-order valence-electron chi connectivity index (χ2n) is 8.10. The lowest BCUT2D eigenvalue weighted by atomic mass is 10.1. The molecule has 1 saturated heterocycles. The van der Waals surface area contributed by atoms with E-state index in [0.29, 0.717) is 40.7 Å². The molecule has 0 radical (unpaired) electrons. The van der Waals surface area contributed by atoms with Gasteiger partial charge < -0.3 is 20.4 Å². The molecule has 1 aliphatic heterocycles. The highest BCUT2D eigenvalue weighted by atomic mass is 35.5. The summed E-state index contributed by atoms with van der Waals surface area (Å²) in [6.07, 6.45) is 1.61. The normalized spacial score (nSPS) is 13.4. The highest BCUT2D eigenvalue weighted by Gasteiger charge is 2.24. The Kier molecular flexibility index (Phi) is 7.77. The van der Waals surface area contributed by atoms with Gasteiger partial charge >= 0.3 is 0 Å². The number of halogens is 1. The lowest BCUT2D eigenvalue weighted by Gasteiger charge is -2.31. The number of anilines is 2. The zero-order valence-electron chi connectivity index (χ0n) is 19.1. The van der Waals surface area contributed by atoms with Gasteiger partial charge in [0.25, 0.3) is 11.8 Å². The Hall–Kier alpha value is -3.42. The number of carbonyl (C=O) groups is 2. The van der Waals surface area contributed by atoms with Crippen molar-refractivity contribution in [2.24, 2.45) is 0 Å². The third-order valence-corrected chi connectivity index (χ3v) is 6.02. The van der Waals surface area contributed by atoms with Crippen molar-refractivity contribution < 1.29 is 9.59 Å². The fourth-order valence-electron chi connectivity index (χ4n) is 3.92. The molecule has 7 nitrogen and oxygen atoms in total. The zero-order chi connectivity index (χ0) is 23.9. The van der Waals surface area contributed by atoms with Crippen LogP contribution in [0.4, 0.5) is 11.5 Å². The summed E-state index contributed by atoms with van der Waals surface area (Å²) in [6, 6.07) is 18.3. The molecule has 8 heteroatoms. The second kappa shape index (κ2) is 11.1. The number of amides is 2. The van der Waals surface area contributed by atoms with Crippen LogP contribution in [-0.4, -0.2) is 54.4 Å². The number of hydrogen-bond donors (Lipinski definition) is 2. The van der Waals surface area contributed by atoms with Gasteiger partial charge in [-0.2, -0.15) is 0 Å². The lowest BCUT2D eigenvalue weighted by molar-refractivity contribution is 0.0752. The number of nitrogens with one attached hydrogen (secondary N) is 2. The molecule has 0 bridgehead atoms. The van der Waals surface area contributed by atoms with E-state index in [1.54, 1.807) is 41.4 Å². The smallest absolute Gasteiger partial charge is 0.257 e. The van der Waals surface area contributed by atoms with Crippen LogP contribution in [-0.2, 0) is 6.54 Å². The van der Waals surface area contributed by atoms with Gasteiger partial charge in [-0.05, 0) is 42.8 Å². The van der Waals surface area contributed by atoms with Gasteiger partial charge in [0.2, 0.25) is 0 Å². The minimum absolute atomic E-state index is 0.116. The van der Waals surface area contributed by atoms with Gasteiger partial charge in [0.1, 0.15) is 5.82 Å². The first-order valence-corrected chi connectivity index (χ1v) is 11.8. The molecule has 0 unspecified atom stereocenters. The first-order chi connectivity index (χ1) is 16.5. The summed E-state index contributed by atoms with van der Waals surface area (Å²) in [7, 11) is 0. The topological polar surface area (TPSA) is 77.6 Å². The number of benzene rings is 2. The standard InChI is InChI=1S/C26H28ClN5O2/c1-2-31(18-19-6-4-3-5-7-19)26(34)23-16-22(17-29-24(23)32-14-12-28-13-15-32)30-25(33)20-8-10-21(27)11-9-20/h3-11,16-17,28H,2,12-15,18H2,1H3,(H,30,33). The van der Waals surface area contributed by atoms with Crippen molar-refractivity contribution in [3.05, 3.63) is 88.6 Å². The largest absolute Gasteiger partial charge is 0.353 e. The number of carbonyl (C=O) groups excluding carboxylic acids is 2. The first-order valence-electron chi connectivity index (χ1n) is 11.4. The van der Waals surface area contributed by atoms with E-state index in [1.807, 2.05) is 37.3 Å². The monoisotopic (exact) mass is 477 g/mol. The van der Waals surface area contributed by atoms with Crippen LogP contribution in [0.15, 0.2) is 66.9 Å². The van der Waals surface area contributed by atoms with Gasteiger partial charge in [-0.25, -0.2) is 4.98 Å². The molecule has 0 atom stereocenters. The lowest BCUT2D eigenvalue weighted by Crippen LogP contribution is -2.45. The zero-order valence-corrected chi connectivity index (χ0v) is 19.9. The Bertz CT molecular complexity index is 1130. The Morgan fingerprint density at radius 1 is 1.09 bits per heavy atom. The molecule has 0 spiro atoms. The van der Waals surface area contributed by atoms with Gasteiger partial charge in [0.15, 0.2) is 0 Å². The molecule has 2 N–H and O–H groups in total. The fraction of sp³-hybridized carbons (Fsp3) is 0.269. The average Bonchev–Trinajstić information content (AvgIpc) is 2.88. The third kappa shape index (κ3) is 5.73. The molecule has 34 heavy (non-hydrogen) atoms. The van der Waals surface area contributed by atoms with Crippen LogP contribution in [0.25, 0.3) is 0 Å². The number of aromatic nitrogens is 1. The third-order valence-electron chi connectivity index (χ3n) is 5.76. The van der Waals surface area contributed by atoms with Crippen LogP contribution in [0.5, 0.6) is 0 Å². The van der Waals surface area contributed by atoms with E-state index in [1.165, 1.54) is 0 Å². The Balaban J connectivity index is 1.63. The molecule has 176 valence electrons. The highest BCUT2D eigenvalue weighted by molar-refractivity contribution is 6.30. The molecule has 2 aromatic carbocycles.